The lowest BCUT2D eigenvalue weighted by Gasteiger charge is -2.36. The molecule has 4 heterocycles. The third-order valence-corrected chi connectivity index (χ3v) is 6.31. The summed E-state index contributed by atoms with van der Waals surface area (Å²) in [5.41, 5.74) is 2.60. The van der Waals surface area contributed by atoms with Crippen LogP contribution in [0.3, 0.4) is 0 Å². The Bertz CT molecular complexity index is 1120. The summed E-state index contributed by atoms with van der Waals surface area (Å²) in [5.74, 6) is 0.101. The van der Waals surface area contributed by atoms with Gasteiger partial charge in [0.25, 0.3) is 0 Å². The number of hydrogen-bond donors (Lipinski definition) is 2. The Hall–Kier alpha value is -3.10. The molecular weight excluding hydrogens is 397 g/mol. The number of imidazole rings is 1. The maximum atomic E-state index is 15.2. The molecule has 2 N–H and O–H groups in total. The number of aromatic nitrogens is 4. The Morgan fingerprint density at radius 1 is 1.29 bits per heavy atom. The fourth-order valence-electron chi connectivity index (χ4n) is 4.70. The van der Waals surface area contributed by atoms with Gasteiger partial charge in [-0.05, 0) is 55.7 Å². The molecule has 0 aliphatic carbocycles. The molecular formula is C23H24FN5O2. The van der Waals surface area contributed by atoms with Crippen LogP contribution in [-0.2, 0) is 4.74 Å². The van der Waals surface area contributed by atoms with E-state index in [4.69, 9.17) is 4.74 Å². The van der Waals surface area contributed by atoms with Crippen LogP contribution in [0.2, 0.25) is 0 Å². The van der Waals surface area contributed by atoms with Gasteiger partial charge in [-0.1, -0.05) is 0 Å². The van der Waals surface area contributed by atoms with E-state index in [1.54, 1.807) is 60.7 Å². The molecule has 1 aromatic carbocycles. The number of nitrogens with one attached hydrogen (secondary N) is 1. The second-order valence-electron chi connectivity index (χ2n) is 8.45. The molecule has 160 valence electrons. The minimum atomic E-state index is -1.11. The number of ether oxygens (including phenoxy) is 1. The van der Waals surface area contributed by atoms with Crippen molar-refractivity contribution in [1.82, 2.24) is 25.1 Å². The van der Waals surface area contributed by atoms with Gasteiger partial charge in [0.05, 0.1) is 35.0 Å². The van der Waals surface area contributed by atoms with E-state index in [9.17, 15) is 5.11 Å². The van der Waals surface area contributed by atoms with Crippen LogP contribution in [0.15, 0.2) is 54.6 Å². The van der Waals surface area contributed by atoms with E-state index in [-0.39, 0.29) is 17.9 Å². The number of benzene rings is 1. The first-order valence-electron chi connectivity index (χ1n) is 10.3. The molecule has 2 bridgehead atoms. The summed E-state index contributed by atoms with van der Waals surface area (Å²) in [4.78, 5) is 4.01. The number of rotatable bonds is 4. The second-order valence-corrected chi connectivity index (χ2v) is 8.45. The highest BCUT2D eigenvalue weighted by molar-refractivity contribution is 5.69. The molecule has 3 aromatic rings. The Morgan fingerprint density at radius 2 is 2.16 bits per heavy atom. The fourth-order valence-corrected chi connectivity index (χ4v) is 4.70. The van der Waals surface area contributed by atoms with Crippen LogP contribution in [0, 0.1) is 0 Å². The molecule has 2 aliphatic heterocycles. The summed E-state index contributed by atoms with van der Waals surface area (Å²) in [6, 6.07) is 9.01. The third kappa shape index (κ3) is 3.51. The van der Waals surface area contributed by atoms with Crippen molar-refractivity contribution in [3.05, 3.63) is 60.3 Å². The van der Waals surface area contributed by atoms with Gasteiger partial charge in [-0.25, -0.2) is 9.37 Å². The Labute approximate surface area is 179 Å². The van der Waals surface area contributed by atoms with Crippen molar-refractivity contribution in [3.63, 3.8) is 0 Å². The number of aromatic hydroxyl groups is 1. The average molecular weight is 421 g/mol. The minimum Gasteiger partial charge on any atom is -0.507 e. The maximum absolute atomic E-state index is 15.2. The lowest BCUT2D eigenvalue weighted by molar-refractivity contribution is 0.0915. The van der Waals surface area contributed by atoms with E-state index < -0.39 is 11.7 Å². The van der Waals surface area contributed by atoms with Gasteiger partial charge < -0.3 is 19.7 Å². The standard InChI is InChI=1S/C23H24FN5O2/c1-23-12-21(31-2)19(26-23)10-14(22(23)24)9-15-3-6-18(28-27-15)17-5-4-16(11-20(17)30)29-8-7-25-13-29/h3-9,11,13,19,21-22,26,30H,10,12H2,1-2H3/b14-9+/t19-,21+,22-,23-/m0/s1. The lowest BCUT2D eigenvalue weighted by Crippen LogP contribution is -2.53. The first kappa shape index (κ1) is 19.8. The highest BCUT2D eigenvalue weighted by Crippen LogP contribution is 2.42. The van der Waals surface area contributed by atoms with Gasteiger partial charge in [-0.3, -0.25) is 0 Å². The van der Waals surface area contributed by atoms with Gasteiger partial charge in [-0.15, -0.1) is 5.10 Å². The Kier molecular flexibility index (Phi) is 4.83. The van der Waals surface area contributed by atoms with Gasteiger partial charge in [0.2, 0.25) is 0 Å². The molecule has 2 aliphatic rings. The normalized spacial score (nSPS) is 28.9. The number of nitrogens with zero attached hydrogens (tertiary/aromatic N) is 4. The van der Waals surface area contributed by atoms with Crippen LogP contribution in [0.4, 0.5) is 4.39 Å². The van der Waals surface area contributed by atoms with Crippen molar-refractivity contribution >= 4 is 6.08 Å². The molecule has 0 spiro atoms. The van der Waals surface area contributed by atoms with Crippen LogP contribution in [0.5, 0.6) is 5.75 Å². The highest BCUT2D eigenvalue weighted by atomic mass is 19.1. The molecule has 2 fully saturated rings. The van der Waals surface area contributed by atoms with Crippen molar-refractivity contribution in [2.75, 3.05) is 7.11 Å². The molecule has 0 unspecified atom stereocenters. The smallest absolute Gasteiger partial charge is 0.139 e. The SMILES string of the molecule is CO[C@@H]1C[C@]2(C)N[C@H]1C/C(=C\c1ccc(-c3ccc(-n4ccnc4)cc3O)nn1)[C@@H]2F. The summed E-state index contributed by atoms with van der Waals surface area (Å²) in [7, 11) is 1.68. The van der Waals surface area contributed by atoms with E-state index in [1.807, 2.05) is 13.0 Å². The number of halogens is 1. The second kappa shape index (κ2) is 7.55. The average Bonchev–Trinajstić information content (AvgIpc) is 3.40. The molecule has 0 radical (unpaired) electrons. The van der Waals surface area contributed by atoms with Gasteiger partial charge in [-0.2, -0.15) is 5.10 Å². The van der Waals surface area contributed by atoms with E-state index in [1.165, 1.54) is 0 Å². The number of phenols is 1. The van der Waals surface area contributed by atoms with E-state index in [0.29, 0.717) is 35.4 Å². The minimum absolute atomic E-state index is 0.0101. The van der Waals surface area contributed by atoms with Crippen LogP contribution in [0.1, 0.15) is 25.5 Å². The molecule has 8 heteroatoms. The molecule has 5 rings (SSSR count). The highest BCUT2D eigenvalue weighted by Gasteiger charge is 2.52. The molecule has 4 atom stereocenters. The molecule has 2 saturated heterocycles. The van der Waals surface area contributed by atoms with Crippen LogP contribution in [0.25, 0.3) is 23.0 Å². The number of hydrogen-bond acceptors (Lipinski definition) is 6. The van der Waals surface area contributed by atoms with E-state index in [2.05, 4.69) is 20.5 Å². The number of fused-ring (bicyclic) bond motifs is 2. The van der Waals surface area contributed by atoms with Gasteiger partial charge in [0.1, 0.15) is 11.9 Å². The molecule has 7 nitrogen and oxygen atoms in total. The number of methoxy groups -OCH3 is 1. The molecule has 0 amide bonds. The molecule has 0 saturated carbocycles. The zero-order valence-corrected chi connectivity index (χ0v) is 17.4. The number of alkyl halides is 1. The first-order chi connectivity index (χ1) is 15.0. The van der Waals surface area contributed by atoms with Crippen molar-refractivity contribution < 1.29 is 14.2 Å². The monoisotopic (exact) mass is 421 g/mol. The summed E-state index contributed by atoms with van der Waals surface area (Å²) < 4.78 is 22.5. The van der Waals surface area contributed by atoms with Crippen molar-refractivity contribution in [2.45, 2.75) is 43.6 Å². The largest absolute Gasteiger partial charge is 0.507 e. The Morgan fingerprint density at radius 3 is 2.84 bits per heavy atom. The van der Waals surface area contributed by atoms with Crippen LogP contribution < -0.4 is 5.32 Å². The number of piperidine rings is 1. The summed E-state index contributed by atoms with van der Waals surface area (Å²) in [6.07, 6.45) is 7.05. The fraction of sp³-hybridized carbons (Fsp3) is 0.348. The topological polar surface area (TPSA) is 85.1 Å². The maximum Gasteiger partial charge on any atom is 0.139 e. The predicted octanol–water partition coefficient (Wildman–Crippen LogP) is 3.30. The summed E-state index contributed by atoms with van der Waals surface area (Å²) in [6.45, 7) is 1.90. The van der Waals surface area contributed by atoms with Gasteiger partial charge >= 0.3 is 0 Å². The number of phenolic OH excluding ortho intramolecular Hbond substituents is 1. The van der Waals surface area contributed by atoms with Crippen LogP contribution in [-0.4, -0.2) is 55.8 Å². The summed E-state index contributed by atoms with van der Waals surface area (Å²) >= 11 is 0. The molecule has 2 aromatic heterocycles. The van der Waals surface area contributed by atoms with Gasteiger partial charge in [0, 0.05) is 37.2 Å². The quantitative estimate of drug-likeness (QED) is 0.673. The van der Waals surface area contributed by atoms with Crippen LogP contribution >= 0.6 is 0 Å². The van der Waals surface area contributed by atoms with Gasteiger partial charge in [0.15, 0.2) is 0 Å². The van der Waals surface area contributed by atoms with Crippen molar-refractivity contribution in [1.29, 1.82) is 0 Å². The van der Waals surface area contributed by atoms with E-state index >= 15 is 4.39 Å². The first-order valence-corrected chi connectivity index (χ1v) is 10.3. The third-order valence-electron chi connectivity index (χ3n) is 6.31. The zero-order valence-electron chi connectivity index (χ0n) is 17.4. The van der Waals surface area contributed by atoms with E-state index in [0.717, 1.165) is 5.69 Å². The Balaban J connectivity index is 1.38. The predicted molar refractivity (Wildman–Crippen MR) is 114 cm³/mol. The van der Waals surface area contributed by atoms with Crippen molar-refractivity contribution in [2.24, 2.45) is 0 Å². The lowest BCUT2D eigenvalue weighted by atomic mass is 9.86. The molecule has 31 heavy (non-hydrogen) atoms. The zero-order chi connectivity index (χ0) is 21.6. The van der Waals surface area contributed by atoms with Crippen molar-refractivity contribution in [3.8, 4) is 22.7 Å². The summed E-state index contributed by atoms with van der Waals surface area (Å²) in [5, 5.41) is 22.4.